The third-order valence-corrected chi connectivity index (χ3v) is 7.22. The first-order valence-electron chi connectivity index (χ1n) is 11.9. The van der Waals surface area contributed by atoms with E-state index in [4.69, 9.17) is 12.2 Å². The number of hydrogen-bond donors (Lipinski definition) is 1. The molecule has 2 fully saturated rings. The largest absolute Gasteiger partial charge is 0.418 e. The molecule has 2 heterocycles. The smallest absolute Gasteiger partial charge is 0.382 e. The van der Waals surface area contributed by atoms with Gasteiger partial charge in [0.25, 0.3) is 0 Å². The molecule has 188 valence electrons. The highest BCUT2D eigenvalue weighted by atomic mass is 32.1. The van der Waals surface area contributed by atoms with Crippen LogP contribution in [0.3, 0.4) is 0 Å². The second-order valence-corrected chi connectivity index (χ2v) is 9.51. The van der Waals surface area contributed by atoms with Crippen LogP contribution in [0.4, 0.5) is 30.2 Å². The van der Waals surface area contributed by atoms with Crippen LogP contribution in [-0.2, 0) is 6.18 Å². The topological polar surface area (TPSA) is 51.2 Å². The van der Waals surface area contributed by atoms with Gasteiger partial charge in [0, 0.05) is 69.7 Å². The van der Waals surface area contributed by atoms with Gasteiger partial charge in [0.15, 0.2) is 0 Å². The van der Waals surface area contributed by atoms with Crippen molar-refractivity contribution in [1.82, 2.24) is 9.80 Å². The van der Waals surface area contributed by atoms with Gasteiger partial charge in [-0.3, -0.25) is 4.90 Å². The summed E-state index contributed by atoms with van der Waals surface area (Å²) in [5, 5.41) is 5.68. The van der Waals surface area contributed by atoms with Crippen LogP contribution in [0.1, 0.15) is 24.8 Å². The molecule has 10 heteroatoms. The lowest BCUT2D eigenvalue weighted by atomic mass is 10.0. The number of halogens is 3. The van der Waals surface area contributed by atoms with Crippen LogP contribution in [0.5, 0.6) is 0 Å². The standard InChI is InChI=1S/C25H30F3N5OS/c26-25(27,28)22-18-20(6-7-23(22)30-34)29-19-8-12-33(13-9-19)24(35)10-11-31-14-16-32(17-15-31)21-4-2-1-3-5-21/h1-7,18-19,29H,8-17H2. The number of nitroso groups, excluding NO2 is 1. The predicted octanol–water partition coefficient (Wildman–Crippen LogP) is 5.52. The number of piperazine rings is 1. The van der Waals surface area contributed by atoms with Crippen molar-refractivity contribution in [2.45, 2.75) is 31.5 Å². The van der Waals surface area contributed by atoms with Crippen LogP contribution >= 0.6 is 12.2 Å². The molecule has 2 aliphatic rings. The van der Waals surface area contributed by atoms with Crippen molar-refractivity contribution in [1.29, 1.82) is 0 Å². The number of piperidine rings is 1. The van der Waals surface area contributed by atoms with E-state index in [0.29, 0.717) is 5.69 Å². The molecule has 0 radical (unpaired) electrons. The summed E-state index contributed by atoms with van der Waals surface area (Å²) in [6, 6.07) is 14.1. The van der Waals surface area contributed by atoms with Crippen LogP contribution in [0.25, 0.3) is 0 Å². The average molecular weight is 506 g/mol. The Balaban J connectivity index is 1.19. The minimum Gasteiger partial charge on any atom is -0.382 e. The molecule has 2 aromatic carbocycles. The van der Waals surface area contributed by atoms with E-state index in [1.165, 1.54) is 11.8 Å². The Kier molecular flexibility index (Phi) is 8.22. The Bertz CT molecular complexity index is 1000. The highest BCUT2D eigenvalue weighted by Crippen LogP contribution is 2.38. The molecule has 0 spiro atoms. The molecular weight excluding hydrogens is 475 g/mol. The number of benzene rings is 2. The summed E-state index contributed by atoms with van der Waals surface area (Å²) in [6.45, 7) is 6.54. The van der Waals surface area contributed by atoms with Gasteiger partial charge in [-0.05, 0) is 48.4 Å². The van der Waals surface area contributed by atoms with Gasteiger partial charge < -0.3 is 15.1 Å². The molecule has 2 saturated heterocycles. The molecule has 35 heavy (non-hydrogen) atoms. The normalized spacial score (nSPS) is 17.9. The highest BCUT2D eigenvalue weighted by molar-refractivity contribution is 7.80. The van der Waals surface area contributed by atoms with E-state index in [1.54, 1.807) is 0 Å². The maximum absolute atomic E-state index is 13.2. The fraction of sp³-hybridized carbons (Fsp3) is 0.480. The van der Waals surface area contributed by atoms with E-state index in [-0.39, 0.29) is 6.04 Å². The van der Waals surface area contributed by atoms with Crippen LogP contribution in [0, 0.1) is 4.91 Å². The van der Waals surface area contributed by atoms with E-state index >= 15 is 0 Å². The number of nitrogens with one attached hydrogen (secondary N) is 1. The predicted molar refractivity (Wildman–Crippen MR) is 137 cm³/mol. The molecule has 0 aliphatic carbocycles. The van der Waals surface area contributed by atoms with E-state index in [0.717, 1.165) is 82.2 Å². The van der Waals surface area contributed by atoms with Crippen molar-refractivity contribution in [3.63, 3.8) is 0 Å². The molecule has 0 unspecified atom stereocenters. The number of anilines is 2. The lowest BCUT2D eigenvalue weighted by Crippen LogP contribution is -2.48. The minimum absolute atomic E-state index is 0.0521. The summed E-state index contributed by atoms with van der Waals surface area (Å²) in [7, 11) is 0. The van der Waals surface area contributed by atoms with Gasteiger partial charge in [-0.1, -0.05) is 30.4 Å². The summed E-state index contributed by atoms with van der Waals surface area (Å²) >= 11 is 5.70. The maximum Gasteiger partial charge on any atom is 0.418 e. The van der Waals surface area contributed by atoms with E-state index < -0.39 is 17.4 Å². The zero-order chi connectivity index (χ0) is 24.8. The van der Waals surface area contributed by atoms with Crippen molar-refractivity contribution in [2.75, 3.05) is 56.0 Å². The monoisotopic (exact) mass is 505 g/mol. The average Bonchev–Trinajstić information content (AvgIpc) is 2.88. The number of nitrogens with zero attached hydrogens (tertiary/aromatic N) is 4. The number of rotatable bonds is 7. The summed E-state index contributed by atoms with van der Waals surface area (Å²) in [5.41, 5.74) is 0.0101. The second kappa shape index (κ2) is 11.3. The van der Waals surface area contributed by atoms with Crippen LogP contribution in [-0.4, -0.2) is 66.6 Å². The SMILES string of the molecule is O=Nc1ccc(NC2CCN(C(=S)CCN3CCN(c4ccccc4)CC3)CC2)cc1C(F)(F)F. The molecule has 2 aliphatic heterocycles. The van der Waals surface area contributed by atoms with Gasteiger partial charge in [-0.15, -0.1) is 4.91 Å². The van der Waals surface area contributed by atoms with Crippen molar-refractivity contribution < 1.29 is 13.2 Å². The van der Waals surface area contributed by atoms with Crippen LogP contribution in [0.2, 0.25) is 0 Å². The molecule has 0 saturated carbocycles. The van der Waals surface area contributed by atoms with Gasteiger partial charge >= 0.3 is 6.18 Å². The minimum atomic E-state index is -4.62. The van der Waals surface area contributed by atoms with Gasteiger partial charge in [-0.2, -0.15) is 13.2 Å². The van der Waals surface area contributed by atoms with E-state index in [9.17, 15) is 18.1 Å². The van der Waals surface area contributed by atoms with Gasteiger partial charge in [-0.25, -0.2) is 0 Å². The molecule has 6 nitrogen and oxygen atoms in total. The molecule has 0 bridgehead atoms. The molecule has 0 aromatic heterocycles. The quantitative estimate of drug-likeness (QED) is 0.395. The first-order valence-corrected chi connectivity index (χ1v) is 12.4. The summed E-state index contributed by atoms with van der Waals surface area (Å²) in [5.74, 6) is 0. The van der Waals surface area contributed by atoms with Crippen molar-refractivity contribution in [3.8, 4) is 0 Å². The lowest BCUT2D eigenvalue weighted by molar-refractivity contribution is -0.137. The summed E-state index contributed by atoms with van der Waals surface area (Å²) in [6.07, 6.45) is -2.21. The first kappa shape index (κ1) is 25.4. The molecule has 4 rings (SSSR count). The highest BCUT2D eigenvalue weighted by Gasteiger charge is 2.34. The maximum atomic E-state index is 13.2. The number of hydrogen-bond acceptors (Lipinski definition) is 6. The Labute approximate surface area is 209 Å². The number of thiocarbonyl (C=S) groups is 1. The third kappa shape index (κ3) is 6.70. The molecular formula is C25H30F3N5OS. The molecule has 1 N–H and O–H groups in total. The Morgan fingerprint density at radius 3 is 2.31 bits per heavy atom. The Hall–Kier alpha value is -2.72. The summed E-state index contributed by atoms with van der Waals surface area (Å²) < 4.78 is 39.6. The summed E-state index contributed by atoms with van der Waals surface area (Å²) in [4.78, 5) is 18.7. The Morgan fingerprint density at radius 1 is 1.00 bits per heavy atom. The van der Waals surface area contributed by atoms with E-state index in [1.807, 2.05) is 6.07 Å². The number of alkyl halides is 3. The molecule has 2 aromatic rings. The Morgan fingerprint density at radius 2 is 1.69 bits per heavy atom. The van der Waals surface area contributed by atoms with Crippen molar-refractivity contribution >= 4 is 34.3 Å². The van der Waals surface area contributed by atoms with Gasteiger partial charge in [0.05, 0.1) is 10.6 Å². The van der Waals surface area contributed by atoms with Gasteiger partial charge in [0.1, 0.15) is 5.69 Å². The van der Waals surface area contributed by atoms with E-state index in [2.05, 4.69) is 49.5 Å². The molecule has 0 atom stereocenters. The fourth-order valence-electron chi connectivity index (χ4n) is 4.72. The fourth-order valence-corrected chi connectivity index (χ4v) is 5.00. The number of para-hydroxylation sites is 1. The first-order chi connectivity index (χ1) is 16.8. The molecule has 0 amide bonds. The lowest BCUT2D eigenvalue weighted by Gasteiger charge is -2.37. The van der Waals surface area contributed by atoms with Crippen molar-refractivity contribution in [2.24, 2.45) is 5.18 Å². The van der Waals surface area contributed by atoms with Crippen LogP contribution < -0.4 is 10.2 Å². The zero-order valence-corrected chi connectivity index (χ0v) is 20.3. The van der Waals surface area contributed by atoms with Gasteiger partial charge in [0.2, 0.25) is 0 Å². The zero-order valence-electron chi connectivity index (χ0n) is 19.5. The number of likely N-dealkylation sites (tertiary alicyclic amines) is 1. The third-order valence-electron chi connectivity index (χ3n) is 6.75. The second-order valence-electron chi connectivity index (χ2n) is 9.03. The van der Waals surface area contributed by atoms with Crippen LogP contribution in [0.15, 0.2) is 53.7 Å². The van der Waals surface area contributed by atoms with Crippen molar-refractivity contribution in [3.05, 3.63) is 59.0 Å².